The van der Waals surface area contributed by atoms with Gasteiger partial charge in [-0.15, -0.1) is 0 Å². The number of carbonyl (C=O) groups is 7. The zero-order valence-electron chi connectivity index (χ0n) is 19.6. The summed E-state index contributed by atoms with van der Waals surface area (Å²) in [4.78, 5) is 82.4. The number of rotatable bonds is 17. The van der Waals surface area contributed by atoms with Gasteiger partial charge in [0, 0.05) is 12.8 Å². The summed E-state index contributed by atoms with van der Waals surface area (Å²) in [6.07, 6.45) is -1.52. The van der Waals surface area contributed by atoms with Gasteiger partial charge in [0.05, 0.1) is 12.5 Å². The van der Waals surface area contributed by atoms with Crippen LogP contribution in [0.25, 0.3) is 0 Å². The number of amides is 5. The van der Waals surface area contributed by atoms with Crippen LogP contribution in [-0.4, -0.2) is 75.9 Å². The topological polar surface area (TPSA) is 274 Å². The Hall–Kier alpha value is -3.75. The number of nitrogens with one attached hydrogen (secondary N) is 3. The number of nitrogens with two attached hydrogens (primary N) is 3. The third-order valence-corrected chi connectivity index (χ3v) is 5.13. The standard InChI is InChI=1S/C20H34N6O9/c1-3-9(2)16(26-17(31)10(21)8-15(29)30)19(33)24-11(4-6-13(22)27)18(32)25-12(20(34)35)5-7-14(23)28/h9-12,16H,3-8,21H2,1-2H3,(H2,22,27)(H2,23,28)(H,24,33)(H,25,32)(H,26,31)(H,29,30)(H,34,35). The molecular weight excluding hydrogens is 468 g/mol. The number of aliphatic carboxylic acids is 2. The van der Waals surface area contributed by atoms with Gasteiger partial charge in [-0.05, 0) is 18.8 Å². The molecule has 5 amide bonds. The van der Waals surface area contributed by atoms with E-state index in [4.69, 9.17) is 22.3 Å². The van der Waals surface area contributed by atoms with Gasteiger partial charge in [-0.3, -0.25) is 28.8 Å². The second kappa shape index (κ2) is 15.2. The van der Waals surface area contributed by atoms with Crippen molar-refractivity contribution in [2.24, 2.45) is 23.1 Å². The molecule has 0 bridgehead atoms. The summed E-state index contributed by atoms with van der Waals surface area (Å²) in [5.41, 5.74) is 15.7. The van der Waals surface area contributed by atoms with Crippen LogP contribution in [0.1, 0.15) is 52.4 Å². The van der Waals surface area contributed by atoms with Crippen molar-refractivity contribution in [3.05, 3.63) is 0 Å². The highest BCUT2D eigenvalue weighted by Gasteiger charge is 2.33. The molecule has 0 heterocycles. The molecule has 0 rings (SSSR count). The molecule has 0 saturated carbocycles. The third-order valence-electron chi connectivity index (χ3n) is 5.13. The van der Waals surface area contributed by atoms with E-state index in [1.54, 1.807) is 13.8 Å². The van der Waals surface area contributed by atoms with Crippen LogP contribution in [0.2, 0.25) is 0 Å². The van der Waals surface area contributed by atoms with E-state index in [0.717, 1.165) is 0 Å². The van der Waals surface area contributed by atoms with E-state index in [0.29, 0.717) is 6.42 Å². The van der Waals surface area contributed by atoms with E-state index in [1.165, 1.54) is 0 Å². The zero-order valence-corrected chi connectivity index (χ0v) is 19.6. The lowest BCUT2D eigenvalue weighted by Gasteiger charge is -2.27. The Balaban J connectivity index is 5.64. The van der Waals surface area contributed by atoms with Crippen molar-refractivity contribution < 1.29 is 43.8 Å². The Labute approximate surface area is 201 Å². The Morgan fingerprint density at radius 2 is 1.26 bits per heavy atom. The van der Waals surface area contributed by atoms with E-state index in [-0.39, 0.29) is 25.7 Å². The average Bonchev–Trinajstić information content (AvgIpc) is 2.75. The largest absolute Gasteiger partial charge is 0.481 e. The number of primary amides is 2. The van der Waals surface area contributed by atoms with Crippen LogP contribution >= 0.6 is 0 Å². The molecule has 0 aliphatic rings. The molecule has 0 aromatic heterocycles. The van der Waals surface area contributed by atoms with Crippen LogP contribution in [0.5, 0.6) is 0 Å². The second-order valence-electron chi connectivity index (χ2n) is 8.05. The lowest BCUT2D eigenvalue weighted by atomic mass is 9.97. The van der Waals surface area contributed by atoms with Gasteiger partial charge in [-0.2, -0.15) is 0 Å². The molecule has 11 N–H and O–H groups in total. The number of carbonyl (C=O) groups excluding carboxylic acids is 5. The monoisotopic (exact) mass is 502 g/mol. The van der Waals surface area contributed by atoms with Crippen LogP contribution < -0.4 is 33.2 Å². The van der Waals surface area contributed by atoms with E-state index in [9.17, 15) is 38.7 Å². The maximum Gasteiger partial charge on any atom is 0.326 e. The number of carboxylic acids is 2. The maximum atomic E-state index is 13.0. The van der Waals surface area contributed by atoms with Crippen LogP contribution in [0.3, 0.4) is 0 Å². The minimum Gasteiger partial charge on any atom is -0.481 e. The lowest BCUT2D eigenvalue weighted by Crippen LogP contribution is -2.58. The predicted molar refractivity (Wildman–Crippen MR) is 120 cm³/mol. The molecular formula is C20H34N6O9. The summed E-state index contributed by atoms with van der Waals surface area (Å²) in [6.45, 7) is 3.35. The smallest absolute Gasteiger partial charge is 0.326 e. The van der Waals surface area contributed by atoms with Gasteiger partial charge in [-0.1, -0.05) is 20.3 Å². The van der Waals surface area contributed by atoms with Gasteiger partial charge >= 0.3 is 11.9 Å². The highest BCUT2D eigenvalue weighted by atomic mass is 16.4. The van der Waals surface area contributed by atoms with E-state index in [2.05, 4.69) is 16.0 Å². The second-order valence-corrected chi connectivity index (χ2v) is 8.05. The molecule has 0 radical (unpaired) electrons. The summed E-state index contributed by atoms with van der Waals surface area (Å²) in [5.74, 6) is -7.51. The highest BCUT2D eigenvalue weighted by Crippen LogP contribution is 2.10. The Bertz CT molecular complexity index is 819. The summed E-state index contributed by atoms with van der Waals surface area (Å²) in [7, 11) is 0. The minimum atomic E-state index is -1.50. The fourth-order valence-electron chi connectivity index (χ4n) is 2.88. The van der Waals surface area contributed by atoms with Crippen molar-refractivity contribution in [3.8, 4) is 0 Å². The molecule has 5 atom stereocenters. The first-order valence-electron chi connectivity index (χ1n) is 10.9. The highest BCUT2D eigenvalue weighted by molar-refractivity contribution is 5.95. The fraction of sp³-hybridized carbons (Fsp3) is 0.650. The van der Waals surface area contributed by atoms with Crippen LogP contribution in [0, 0.1) is 5.92 Å². The minimum absolute atomic E-state index is 0.283. The molecule has 5 unspecified atom stereocenters. The first kappa shape index (κ1) is 31.2. The van der Waals surface area contributed by atoms with E-state index >= 15 is 0 Å². The van der Waals surface area contributed by atoms with Crippen LogP contribution in [0.4, 0.5) is 0 Å². The molecule has 0 aromatic carbocycles. The summed E-state index contributed by atoms with van der Waals surface area (Å²) >= 11 is 0. The molecule has 0 spiro atoms. The predicted octanol–water partition coefficient (Wildman–Crippen LogP) is -3.10. The van der Waals surface area contributed by atoms with Gasteiger partial charge in [-0.25, -0.2) is 4.79 Å². The molecule has 0 fully saturated rings. The van der Waals surface area contributed by atoms with Crippen molar-refractivity contribution in [2.45, 2.75) is 76.5 Å². The van der Waals surface area contributed by atoms with E-state index in [1.807, 2.05) is 0 Å². The first-order chi connectivity index (χ1) is 16.2. The third kappa shape index (κ3) is 12.3. The van der Waals surface area contributed by atoms with Gasteiger partial charge in [0.15, 0.2) is 0 Å². The molecule has 15 heteroatoms. The molecule has 15 nitrogen and oxygen atoms in total. The Kier molecular flexibility index (Phi) is 13.6. The number of hydrogen-bond donors (Lipinski definition) is 8. The average molecular weight is 503 g/mol. The van der Waals surface area contributed by atoms with Crippen molar-refractivity contribution in [1.29, 1.82) is 0 Å². The normalized spacial score (nSPS) is 14.9. The molecule has 0 saturated heterocycles. The van der Waals surface area contributed by atoms with Gasteiger partial charge in [0.1, 0.15) is 18.1 Å². The summed E-state index contributed by atoms with van der Waals surface area (Å²) < 4.78 is 0. The SMILES string of the molecule is CCC(C)C(NC(=O)C(N)CC(=O)O)C(=O)NC(CCC(N)=O)C(=O)NC(CCC(N)=O)C(=O)O. The summed E-state index contributed by atoms with van der Waals surface area (Å²) in [5, 5.41) is 25.0. The van der Waals surface area contributed by atoms with Crippen molar-refractivity contribution in [1.82, 2.24) is 16.0 Å². The fourth-order valence-corrected chi connectivity index (χ4v) is 2.88. The maximum absolute atomic E-state index is 13.0. The van der Waals surface area contributed by atoms with Gasteiger partial charge in [0.25, 0.3) is 0 Å². The zero-order chi connectivity index (χ0) is 27.3. The Morgan fingerprint density at radius 3 is 1.69 bits per heavy atom. The molecule has 0 aliphatic heterocycles. The summed E-state index contributed by atoms with van der Waals surface area (Å²) in [6, 6.07) is -5.56. The molecule has 0 aliphatic carbocycles. The van der Waals surface area contributed by atoms with Gasteiger partial charge < -0.3 is 43.4 Å². The first-order valence-corrected chi connectivity index (χ1v) is 10.9. The van der Waals surface area contributed by atoms with Crippen molar-refractivity contribution >= 4 is 41.5 Å². The van der Waals surface area contributed by atoms with Gasteiger partial charge in [0.2, 0.25) is 29.5 Å². The quantitative estimate of drug-likeness (QED) is 0.0991. The lowest BCUT2D eigenvalue weighted by molar-refractivity contribution is -0.143. The van der Waals surface area contributed by atoms with Crippen molar-refractivity contribution in [2.75, 3.05) is 0 Å². The van der Waals surface area contributed by atoms with Crippen molar-refractivity contribution in [3.63, 3.8) is 0 Å². The molecule has 198 valence electrons. The molecule has 0 aromatic rings. The number of carboxylic acid groups (broad SMARTS) is 2. The Morgan fingerprint density at radius 1 is 0.771 bits per heavy atom. The molecule has 35 heavy (non-hydrogen) atoms. The van der Waals surface area contributed by atoms with Crippen LogP contribution in [-0.2, 0) is 33.6 Å². The number of hydrogen-bond acceptors (Lipinski definition) is 8. The van der Waals surface area contributed by atoms with E-state index < -0.39 is 78.0 Å². The van der Waals surface area contributed by atoms with Crippen LogP contribution in [0.15, 0.2) is 0 Å².